The van der Waals surface area contributed by atoms with Crippen LogP contribution in [0.4, 0.5) is 0 Å². The summed E-state index contributed by atoms with van der Waals surface area (Å²) in [6.45, 7) is 6.33. The molecule has 0 aromatic heterocycles. The van der Waals surface area contributed by atoms with Crippen LogP contribution < -0.4 is 0 Å². The first-order valence-corrected chi connectivity index (χ1v) is 7.51. The summed E-state index contributed by atoms with van der Waals surface area (Å²) in [6.07, 6.45) is 6.67. The Balaban J connectivity index is 1.89. The molecule has 1 heterocycles. The molecule has 0 radical (unpaired) electrons. The SMILES string of the molecule is CCC1(CC)C(Br)CC1OC1CCOCC1. The molecule has 2 atom stereocenters. The van der Waals surface area contributed by atoms with Gasteiger partial charge in [0.2, 0.25) is 0 Å². The minimum Gasteiger partial charge on any atom is -0.381 e. The van der Waals surface area contributed by atoms with Crippen molar-refractivity contribution in [3.63, 3.8) is 0 Å². The van der Waals surface area contributed by atoms with E-state index in [1.165, 1.54) is 19.3 Å². The molecule has 0 bridgehead atoms. The summed E-state index contributed by atoms with van der Waals surface area (Å²) in [6, 6.07) is 0. The van der Waals surface area contributed by atoms with Crippen molar-refractivity contribution in [2.24, 2.45) is 5.41 Å². The maximum absolute atomic E-state index is 6.29. The molecule has 0 spiro atoms. The van der Waals surface area contributed by atoms with Crippen LogP contribution in [0.25, 0.3) is 0 Å². The fourth-order valence-corrected chi connectivity index (χ4v) is 4.36. The Kier molecular flexibility index (Phi) is 4.31. The predicted octanol–water partition coefficient (Wildman–Crippen LogP) is 3.52. The zero-order valence-corrected chi connectivity index (χ0v) is 12.0. The Labute approximate surface area is 107 Å². The van der Waals surface area contributed by atoms with Gasteiger partial charge in [-0.25, -0.2) is 0 Å². The summed E-state index contributed by atoms with van der Waals surface area (Å²) in [5.41, 5.74) is 0.387. The van der Waals surface area contributed by atoms with E-state index in [0.29, 0.717) is 22.5 Å². The molecule has 1 saturated heterocycles. The van der Waals surface area contributed by atoms with Gasteiger partial charge in [0.05, 0.1) is 12.2 Å². The van der Waals surface area contributed by atoms with E-state index < -0.39 is 0 Å². The monoisotopic (exact) mass is 290 g/mol. The normalized spacial score (nSPS) is 34.7. The first-order valence-electron chi connectivity index (χ1n) is 6.60. The van der Waals surface area contributed by atoms with Crippen LogP contribution in [0.15, 0.2) is 0 Å². The molecule has 3 heteroatoms. The minimum absolute atomic E-state index is 0.387. The van der Waals surface area contributed by atoms with Crippen LogP contribution >= 0.6 is 15.9 Å². The van der Waals surface area contributed by atoms with Crippen molar-refractivity contribution in [2.75, 3.05) is 13.2 Å². The Morgan fingerprint density at radius 1 is 1.25 bits per heavy atom. The van der Waals surface area contributed by atoms with Gasteiger partial charge in [0.15, 0.2) is 0 Å². The molecule has 1 aliphatic heterocycles. The third-order valence-corrected chi connectivity index (χ3v) is 5.81. The van der Waals surface area contributed by atoms with Crippen molar-refractivity contribution in [3.05, 3.63) is 0 Å². The largest absolute Gasteiger partial charge is 0.381 e. The number of ether oxygens (including phenoxy) is 2. The molecule has 0 amide bonds. The van der Waals surface area contributed by atoms with E-state index in [9.17, 15) is 0 Å². The fourth-order valence-electron chi connectivity index (χ4n) is 3.08. The van der Waals surface area contributed by atoms with Crippen LogP contribution in [0.5, 0.6) is 0 Å². The molecule has 1 aliphatic carbocycles. The Hall–Kier alpha value is 0.400. The van der Waals surface area contributed by atoms with E-state index >= 15 is 0 Å². The lowest BCUT2D eigenvalue weighted by Crippen LogP contribution is -2.56. The van der Waals surface area contributed by atoms with Gasteiger partial charge >= 0.3 is 0 Å². The van der Waals surface area contributed by atoms with Crippen LogP contribution in [0, 0.1) is 5.41 Å². The molecule has 0 N–H and O–H groups in total. The second-order valence-electron chi connectivity index (χ2n) is 5.08. The second-order valence-corrected chi connectivity index (χ2v) is 6.19. The van der Waals surface area contributed by atoms with Crippen molar-refractivity contribution in [2.45, 2.75) is 63.0 Å². The molecule has 2 fully saturated rings. The first-order chi connectivity index (χ1) is 7.73. The van der Waals surface area contributed by atoms with Crippen LogP contribution in [0.3, 0.4) is 0 Å². The Bertz CT molecular complexity index is 222. The van der Waals surface area contributed by atoms with E-state index in [4.69, 9.17) is 9.47 Å². The summed E-state index contributed by atoms with van der Waals surface area (Å²) in [4.78, 5) is 0.653. The average molecular weight is 291 g/mol. The van der Waals surface area contributed by atoms with Gasteiger partial charge in [-0.3, -0.25) is 0 Å². The first kappa shape index (κ1) is 12.8. The van der Waals surface area contributed by atoms with Crippen molar-refractivity contribution in [3.8, 4) is 0 Å². The van der Waals surface area contributed by atoms with Crippen molar-refractivity contribution in [1.29, 1.82) is 0 Å². The van der Waals surface area contributed by atoms with Crippen LogP contribution in [0.2, 0.25) is 0 Å². The van der Waals surface area contributed by atoms with E-state index in [2.05, 4.69) is 29.8 Å². The van der Waals surface area contributed by atoms with Gasteiger partial charge in [0, 0.05) is 23.5 Å². The second kappa shape index (κ2) is 5.36. The molecule has 0 aromatic rings. The van der Waals surface area contributed by atoms with Crippen LogP contribution in [-0.4, -0.2) is 30.2 Å². The molecule has 1 saturated carbocycles. The molecule has 0 aromatic carbocycles. The summed E-state index contributed by atoms with van der Waals surface area (Å²) in [7, 11) is 0. The van der Waals surface area contributed by atoms with Crippen molar-refractivity contribution >= 4 is 15.9 Å². The Morgan fingerprint density at radius 2 is 1.88 bits per heavy atom. The number of rotatable bonds is 4. The van der Waals surface area contributed by atoms with Crippen molar-refractivity contribution < 1.29 is 9.47 Å². The fraction of sp³-hybridized carbons (Fsp3) is 1.00. The van der Waals surface area contributed by atoms with Gasteiger partial charge < -0.3 is 9.47 Å². The number of halogens is 1. The highest BCUT2D eigenvalue weighted by atomic mass is 79.9. The summed E-state index contributed by atoms with van der Waals surface area (Å²) >= 11 is 3.80. The maximum Gasteiger partial charge on any atom is 0.0656 e. The molecular formula is C13H23BrO2. The quantitative estimate of drug-likeness (QED) is 0.738. The predicted molar refractivity (Wildman–Crippen MR) is 69.1 cm³/mol. The van der Waals surface area contributed by atoms with Gasteiger partial charge in [0.25, 0.3) is 0 Å². The van der Waals surface area contributed by atoms with E-state index in [0.717, 1.165) is 26.1 Å². The van der Waals surface area contributed by atoms with E-state index in [1.54, 1.807) is 0 Å². The maximum atomic E-state index is 6.29. The van der Waals surface area contributed by atoms with E-state index in [1.807, 2.05) is 0 Å². The third-order valence-electron chi connectivity index (χ3n) is 4.53. The zero-order valence-electron chi connectivity index (χ0n) is 10.4. The highest BCUT2D eigenvalue weighted by Gasteiger charge is 2.52. The standard InChI is InChI=1S/C13H23BrO2/c1-3-13(4-2)11(14)9-12(13)16-10-5-7-15-8-6-10/h10-12H,3-9H2,1-2H3. The molecule has 2 nitrogen and oxygen atoms in total. The summed E-state index contributed by atoms with van der Waals surface area (Å²) < 4.78 is 11.7. The molecule has 2 unspecified atom stereocenters. The lowest BCUT2D eigenvalue weighted by Gasteiger charge is -2.54. The number of hydrogen-bond donors (Lipinski definition) is 0. The minimum atomic E-state index is 0.387. The van der Waals surface area contributed by atoms with Gasteiger partial charge in [-0.15, -0.1) is 0 Å². The van der Waals surface area contributed by atoms with Crippen LogP contribution in [0.1, 0.15) is 46.0 Å². The van der Waals surface area contributed by atoms with Gasteiger partial charge in [-0.05, 0) is 32.1 Å². The highest BCUT2D eigenvalue weighted by Crippen LogP contribution is 2.53. The molecular weight excluding hydrogens is 268 g/mol. The topological polar surface area (TPSA) is 18.5 Å². The Morgan fingerprint density at radius 3 is 2.38 bits per heavy atom. The van der Waals surface area contributed by atoms with Gasteiger partial charge in [0.1, 0.15) is 0 Å². The van der Waals surface area contributed by atoms with Crippen LogP contribution in [-0.2, 0) is 9.47 Å². The number of hydrogen-bond acceptors (Lipinski definition) is 2. The molecule has 16 heavy (non-hydrogen) atoms. The molecule has 94 valence electrons. The average Bonchev–Trinajstić information content (AvgIpc) is 2.32. The summed E-state index contributed by atoms with van der Waals surface area (Å²) in [5.74, 6) is 0. The van der Waals surface area contributed by atoms with E-state index in [-0.39, 0.29) is 0 Å². The summed E-state index contributed by atoms with van der Waals surface area (Å²) in [5, 5.41) is 0. The lowest BCUT2D eigenvalue weighted by molar-refractivity contribution is -0.158. The number of alkyl halides is 1. The van der Waals surface area contributed by atoms with Crippen molar-refractivity contribution in [1.82, 2.24) is 0 Å². The van der Waals surface area contributed by atoms with Gasteiger partial charge in [-0.1, -0.05) is 29.8 Å². The zero-order chi connectivity index (χ0) is 11.6. The smallest absolute Gasteiger partial charge is 0.0656 e. The highest BCUT2D eigenvalue weighted by molar-refractivity contribution is 9.09. The molecule has 2 rings (SSSR count). The molecule has 2 aliphatic rings. The third kappa shape index (κ3) is 2.19. The van der Waals surface area contributed by atoms with Gasteiger partial charge in [-0.2, -0.15) is 0 Å². The lowest BCUT2D eigenvalue weighted by atomic mass is 9.62.